The largest absolute Gasteiger partial charge is 0.352 e. The molecule has 0 saturated heterocycles. The molecule has 0 aromatic heterocycles. The van der Waals surface area contributed by atoms with Gasteiger partial charge in [0.2, 0.25) is 21.8 Å². The average molecular weight is 583 g/mol. The molecule has 1 N–H and O–H groups in total. The third-order valence-electron chi connectivity index (χ3n) is 6.90. The van der Waals surface area contributed by atoms with Gasteiger partial charge in [-0.25, -0.2) is 8.42 Å². The van der Waals surface area contributed by atoms with Crippen LogP contribution in [0.2, 0.25) is 10.0 Å². The fraction of sp³-hybridized carbons (Fsp3) is 0.500. The van der Waals surface area contributed by atoms with Crippen LogP contribution in [-0.4, -0.2) is 50.0 Å². The fourth-order valence-corrected chi connectivity index (χ4v) is 6.12. The lowest BCUT2D eigenvalue weighted by molar-refractivity contribution is -0.141. The van der Waals surface area contributed by atoms with E-state index in [-0.39, 0.29) is 37.4 Å². The van der Waals surface area contributed by atoms with Gasteiger partial charge in [-0.3, -0.25) is 13.9 Å². The van der Waals surface area contributed by atoms with Crippen molar-refractivity contribution >= 4 is 50.7 Å². The number of nitrogens with zero attached hydrogens (tertiary/aromatic N) is 2. The maximum absolute atomic E-state index is 13.6. The second-order valence-corrected chi connectivity index (χ2v) is 12.7. The van der Waals surface area contributed by atoms with Crippen molar-refractivity contribution in [3.63, 3.8) is 0 Å². The molecule has 2 aromatic rings. The molecular formula is C28H37Cl2N3O4S. The Kier molecular flexibility index (Phi) is 10.9. The molecule has 208 valence electrons. The van der Waals surface area contributed by atoms with E-state index in [0.29, 0.717) is 28.6 Å². The van der Waals surface area contributed by atoms with Gasteiger partial charge in [-0.2, -0.15) is 0 Å². The molecule has 1 aliphatic carbocycles. The molecule has 0 spiro atoms. The SMILES string of the molecule is CC[C@@H](C(=O)NC1CCCC1)N(Cc1ccc(Cl)c(Cl)c1)C(=O)CCCN(c1ccc(C)cc1)S(C)(=O)=O. The minimum atomic E-state index is -3.54. The number of amides is 2. The average Bonchev–Trinajstić information content (AvgIpc) is 3.37. The Labute approximate surface area is 236 Å². The van der Waals surface area contributed by atoms with Crippen LogP contribution in [0.4, 0.5) is 5.69 Å². The van der Waals surface area contributed by atoms with Crippen LogP contribution in [0, 0.1) is 6.92 Å². The molecule has 1 saturated carbocycles. The summed E-state index contributed by atoms with van der Waals surface area (Å²) in [6.45, 7) is 4.17. The van der Waals surface area contributed by atoms with Gasteiger partial charge in [0.15, 0.2) is 0 Å². The number of benzene rings is 2. The van der Waals surface area contributed by atoms with Crippen LogP contribution in [0.25, 0.3) is 0 Å². The molecule has 7 nitrogen and oxygen atoms in total. The molecule has 0 bridgehead atoms. The number of anilines is 1. The second-order valence-electron chi connectivity index (χ2n) is 9.96. The van der Waals surface area contributed by atoms with Gasteiger partial charge in [0.1, 0.15) is 6.04 Å². The first kappa shape index (κ1) is 30.3. The molecule has 2 amide bonds. The zero-order chi connectivity index (χ0) is 27.9. The summed E-state index contributed by atoms with van der Waals surface area (Å²) < 4.78 is 26.3. The summed E-state index contributed by atoms with van der Waals surface area (Å²) in [5.41, 5.74) is 2.34. The van der Waals surface area contributed by atoms with Crippen molar-refractivity contribution < 1.29 is 18.0 Å². The lowest BCUT2D eigenvalue weighted by atomic mass is 10.1. The lowest BCUT2D eigenvalue weighted by Gasteiger charge is -2.32. The highest BCUT2D eigenvalue weighted by Gasteiger charge is 2.31. The number of sulfonamides is 1. The number of carbonyl (C=O) groups excluding carboxylic acids is 2. The van der Waals surface area contributed by atoms with E-state index in [0.717, 1.165) is 43.1 Å². The Hall–Kier alpha value is -2.29. The van der Waals surface area contributed by atoms with E-state index in [9.17, 15) is 18.0 Å². The van der Waals surface area contributed by atoms with Gasteiger partial charge in [-0.15, -0.1) is 0 Å². The van der Waals surface area contributed by atoms with Gasteiger partial charge in [0, 0.05) is 25.6 Å². The molecular weight excluding hydrogens is 545 g/mol. The fourth-order valence-electron chi connectivity index (χ4n) is 4.84. The van der Waals surface area contributed by atoms with Gasteiger partial charge >= 0.3 is 0 Å². The van der Waals surface area contributed by atoms with Crippen LogP contribution in [0.1, 0.15) is 63.0 Å². The zero-order valence-corrected chi connectivity index (χ0v) is 24.6. The quantitative estimate of drug-likeness (QED) is 0.347. The Balaban J connectivity index is 1.77. The molecule has 10 heteroatoms. The van der Waals surface area contributed by atoms with E-state index in [1.165, 1.54) is 4.31 Å². The van der Waals surface area contributed by atoms with E-state index < -0.39 is 16.1 Å². The van der Waals surface area contributed by atoms with E-state index in [1.807, 2.05) is 26.0 Å². The first-order chi connectivity index (χ1) is 18.0. The summed E-state index contributed by atoms with van der Waals surface area (Å²) in [4.78, 5) is 28.4. The first-order valence-corrected chi connectivity index (χ1v) is 15.7. The Morgan fingerprint density at radius 2 is 1.71 bits per heavy atom. The lowest BCUT2D eigenvalue weighted by Crippen LogP contribution is -2.51. The number of carbonyl (C=O) groups is 2. The van der Waals surface area contributed by atoms with Crippen molar-refractivity contribution in [2.45, 2.75) is 77.4 Å². The van der Waals surface area contributed by atoms with E-state index in [2.05, 4.69) is 5.32 Å². The first-order valence-electron chi connectivity index (χ1n) is 13.1. The Bertz CT molecular complexity index is 1220. The highest BCUT2D eigenvalue weighted by atomic mass is 35.5. The monoisotopic (exact) mass is 581 g/mol. The number of hydrogen-bond donors (Lipinski definition) is 1. The molecule has 0 unspecified atom stereocenters. The highest BCUT2D eigenvalue weighted by Crippen LogP contribution is 2.25. The summed E-state index contributed by atoms with van der Waals surface area (Å²) >= 11 is 12.3. The van der Waals surface area contributed by atoms with Gasteiger partial charge in [-0.1, -0.05) is 66.7 Å². The molecule has 1 aliphatic rings. The predicted octanol–water partition coefficient (Wildman–Crippen LogP) is 5.71. The summed E-state index contributed by atoms with van der Waals surface area (Å²) in [7, 11) is -3.54. The van der Waals surface area contributed by atoms with Crippen molar-refractivity contribution in [2.24, 2.45) is 0 Å². The van der Waals surface area contributed by atoms with Crippen LogP contribution in [0.15, 0.2) is 42.5 Å². The van der Waals surface area contributed by atoms with E-state index in [4.69, 9.17) is 23.2 Å². The number of aryl methyl sites for hydroxylation is 1. The van der Waals surface area contributed by atoms with Crippen LogP contribution in [0.3, 0.4) is 0 Å². The maximum Gasteiger partial charge on any atom is 0.243 e. The number of nitrogens with one attached hydrogen (secondary N) is 1. The Morgan fingerprint density at radius 1 is 1.05 bits per heavy atom. The summed E-state index contributed by atoms with van der Waals surface area (Å²) in [6, 6.07) is 11.9. The van der Waals surface area contributed by atoms with Crippen molar-refractivity contribution in [3.8, 4) is 0 Å². The van der Waals surface area contributed by atoms with Gasteiger partial charge in [0.05, 0.1) is 22.0 Å². The summed E-state index contributed by atoms with van der Waals surface area (Å²) in [6.07, 6.45) is 6.07. The van der Waals surface area contributed by atoms with Crippen LogP contribution in [-0.2, 0) is 26.2 Å². The second kappa shape index (κ2) is 13.7. The molecule has 0 aliphatic heterocycles. The number of halogens is 2. The molecule has 3 rings (SSSR count). The minimum absolute atomic E-state index is 0.0897. The van der Waals surface area contributed by atoms with Crippen molar-refractivity contribution in [1.82, 2.24) is 10.2 Å². The molecule has 38 heavy (non-hydrogen) atoms. The van der Waals surface area contributed by atoms with E-state index >= 15 is 0 Å². The Morgan fingerprint density at radius 3 is 2.29 bits per heavy atom. The molecule has 0 heterocycles. The standard InChI is InChI=1S/C28H37Cl2N3O4S/c1-4-26(28(35)31-22-8-5-6-9-22)32(19-21-13-16-24(29)25(30)18-21)27(34)10-7-17-33(38(3,36)37)23-14-11-20(2)12-15-23/h11-16,18,22,26H,4-10,17,19H2,1-3H3,(H,31,35)/t26-/m0/s1. The molecule has 0 radical (unpaired) electrons. The molecule has 1 fully saturated rings. The van der Waals surface area contributed by atoms with Gasteiger partial charge in [-0.05, 0) is 62.4 Å². The maximum atomic E-state index is 13.6. The third-order valence-corrected chi connectivity index (χ3v) is 8.83. The van der Waals surface area contributed by atoms with Crippen molar-refractivity contribution in [1.29, 1.82) is 0 Å². The summed E-state index contributed by atoms with van der Waals surface area (Å²) in [5.74, 6) is -0.382. The van der Waals surface area contributed by atoms with Crippen LogP contribution in [0.5, 0.6) is 0 Å². The van der Waals surface area contributed by atoms with Crippen molar-refractivity contribution in [2.75, 3.05) is 17.1 Å². The normalized spacial score (nSPS) is 14.8. The zero-order valence-electron chi connectivity index (χ0n) is 22.3. The minimum Gasteiger partial charge on any atom is -0.352 e. The summed E-state index contributed by atoms with van der Waals surface area (Å²) in [5, 5.41) is 3.91. The number of hydrogen-bond acceptors (Lipinski definition) is 4. The van der Waals surface area contributed by atoms with Crippen LogP contribution < -0.4 is 9.62 Å². The predicted molar refractivity (Wildman–Crippen MR) is 154 cm³/mol. The third kappa shape index (κ3) is 8.35. The highest BCUT2D eigenvalue weighted by molar-refractivity contribution is 7.92. The van der Waals surface area contributed by atoms with Gasteiger partial charge in [0.25, 0.3) is 0 Å². The van der Waals surface area contributed by atoms with Crippen molar-refractivity contribution in [3.05, 3.63) is 63.6 Å². The van der Waals surface area contributed by atoms with Crippen LogP contribution >= 0.6 is 23.2 Å². The molecule has 1 atom stereocenters. The van der Waals surface area contributed by atoms with Gasteiger partial charge < -0.3 is 10.2 Å². The van der Waals surface area contributed by atoms with E-state index in [1.54, 1.807) is 35.2 Å². The smallest absolute Gasteiger partial charge is 0.243 e. The molecule has 2 aromatic carbocycles. The topological polar surface area (TPSA) is 86.8 Å². The number of rotatable bonds is 12.